The van der Waals surface area contributed by atoms with Crippen molar-refractivity contribution >= 4 is 39.7 Å². The van der Waals surface area contributed by atoms with Crippen LogP contribution in [0.2, 0.25) is 0 Å². The molecular formula is C6H10Cl2O3P2. The van der Waals surface area contributed by atoms with Gasteiger partial charge in [-0.15, -0.1) is 0 Å². The third kappa shape index (κ3) is 2.66. The zero-order chi connectivity index (χ0) is 9.31. The van der Waals surface area contributed by atoms with E-state index in [1.165, 1.54) is 0 Å². The first-order valence-electron chi connectivity index (χ1n) is 3.86. The van der Waals surface area contributed by atoms with Crippen LogP contribution in [0.1, 0.15) is 0 Å². The molecule has 13 heavy (non-hydrogen) atoms. The van der Waals surface area contributed by atoms with Crippen molar-refractivity contribution in [3.8, 4) is 0 Å². The van der Waals surface area contributed by atoms with Gasteiger partial charge in [-0.2, -0.15) is 0 Å². The molecule has 2 aliphatic heterocycles. The largest absolute Gasteiger partial charge is 0.357 e. The number of alkyl halides is 2. The standard InChI is InChI=1S/C6H10Cl2O3P2/c7-4-9-1-6(2-10-4)3-11-5(8)12-13-6/h4-5,12-13H,1-3H2. The lowest BCUT2D eigenvalue weighted by molar-refractivity contribution is -0.154. The Morgan fingerprint density at radius 3 is 2.23 bits per heavy atom. The van der Waals surface area contributed by atoms with Gasteiger partial charge < -0.3 is 14.2 Å². The molecule has 7 heteroatoms. The summed E-state index contributed by atoms with van der Waals surface area (Å²) in [6.45, 7) is 1.86. The Morgan fingerprint density at radius 1 is 1.08 bits per heavy atom. The van der Waals surface area contributed by atoms with Crippen molar-refractivity contribution in [2.45, 2.75) is 16.2 Å². The molecule has 0 aliphatic carbocycles. The van der Waals surface area contributed by atoms with Crippen LogP contribution in [0.3, 0.4) is 0 Å². The van der Waals surface area contributed by atoms with Gasteiger partial charge in [0.05, 0.1) is 25.0 Å². The highest BCUT2D eigenvalue weighted by molar-refractivity contribution is 8.13. The Balaban J connectivity index is 1.90. The smallest absolute Gasteiger partial charge is 0.237 e. The molecule has 0 N–H and O–H groups in total. The van der Waals surface area contributed by atoms with Gasteiger partial charge in [0.15, 0.2) is 5.30 Å². The van der Waals surface area contributed by atoms with Gasteiger partial charge >= 0.3 is 0 Å². The Morgan fingerprint density at radius 2 is 1.69 bits per heavy atom. The highest BCUT2D eigenvalue weighted by Gasteiger charge is 2.40. The van der Waals surface area contributed by atoms with Crippen molar-refractivity contribution in [3.05, 3.63) is 0 Å². The Kier molecular flexibility index (Phi) is 3.70. The van der Waals surface area contributed by atoms with E-state index in [9.17, 15) is 0 Å². The molecule has 0 bridgehead atoms. The lowest BCUT2D eigenvalue weighted by Gasteiger charge is -2.41. The molecule has 1 spiro atoms. The van der Waals surface area contributed by atoms with E-state index in [4.69, 9.17) is 37.4 Å². The van der Waals surface area contributed by atoms with Crippen LogP contribution in [0, 0.1) is 0 Å². The van der Waals surface area contributed by atoms with Crippen molar-refractivity contribution < 1.29 is 14.2 Å². The minimum atomic E-state index is -0.590. The highest BCUT2D eigenvalue weighted by Crippen LogP contribution is 2.57. The van der Waals surface area contributed by atoms with Crippen LogP contribution >= 0.6 is 39.7 Å². The summed E-state index contributed by atoms with van der Waals surface area (Å²) in [6.07, 6.45) is 0. The predicted molar refractivity (Wildman–Crippen MR) is 56.5 cm³/mol. The summed E-state index contributed by atoms with van der Waals surface area (Å²) < 4.78 is 15.9. The average molecular weight is 263 g/mol. The molecule has 3 atom stereocenters. The van der Waals surface area contributed by atoms with Crippen molar-refractivity contribution in [1.82, 2.24) is 0 Å². The summed E-state index contributed by atoms with van der Waals surface area (Å²) in [6, 6.07) is 0. The van der Waals surface area contributed by atoms with Crippen LogP contribution < -0.4 is 0 Å². The third-order valence-electron chi connectivity index (χ3n) is 1.94. The Labute approximate surface area is 90.2 Å². The van der Waals surface area contributed by atoms with Crippen molar-refractivity contribution in [1.29, 1.82) is 0 Å². The number of hydrogen-bond donors (Lipinski definition) is 0. The lowest BCUT2D eigenvalue weighted by atomic mass is 10.2. The van der Waals surface area contributed by atoms with Crippen molar-refractivity contribution in [2.75, 3.05) is 19.8 Å². The molecule has 2 rings (SSSR count). The van der Waals surface area contributed by atoms with Gasteiger partial charge in [0.1, 0.15) is 0 Å². The quantitative estimate of drug-likeness (QED) is 0.495. The molecule has 2 aliphatic rings. The van der Waals surface area contributed by atoms with Gasteiger partial charge in [-0.1, -0.05) is 39.7 Å². The average Bonchev–Trinajstić information content (AvgIpc) is 2.16. The summed E-state index contributed by atoms with van der Waals surface area (Å²) in [7, 11) is 1.39. The first-order chi connectivity index (χ1) is 6.20. The summed E-state index contributed by atoms with van der Waals surface area (Å²) in [4.78, 5) is 0. The van der Waals surface area contributed by atoms with Crippen molar-refractivity contribution in [2.24, 2.45) is 0 Å². The number of halogens is 2. The molecule has 2 saturated heterocycles. The number of rotatable bonds is 0. The zero-order valence-electron chi connectivity index (χ0n) is 6.76. The van der Waals surface area contributed by atoms with E-state index in [0.29, 0.717) is 28.1 Å². The van der Waals surface area contributed by atoms with E-state index >= 15 is 0 Å². The maximum absolute atomic E-state index is 5.84. The topological polar surface area (TPSA) is 27.7 Å². The molecule has 0 radical (unpaired) electrons. The van der Waals surface area contributed by atoms with Gasteiger partial charge in [0.2, 0.25) is 5.75 Å². The maximum atomic E-state index is 5.84. The van der Waals surface area contributed by atoms with E-state index in [2.05, 4.69) is 0 Å². The minimum Gasteiger partial charge on any atom is -0.357 e. The van der Waals surface area contributed by atoms with Gasteiger partial charge in [-0.05, 0) is 0 Å². The fourth-order valence-electron chi connectivity index (χ4n) is 1.22. The van der Waals surface area contributed by atoms with Crippen LogP contribution in [0.25, 0.3) is 0 Å². The molecule has 0 saturated carbocycles. The minimum absolute atomic E-state index is 0.0230. The van der Waals surface area contributed by atoms with Gasteiger partial charge in [-0.25, -0.2) is 0 Å². The normalized spacial score (nSPS) is 50.3. The van der Waals surface area contributed by atoms with Crippen LogP contribution in [0.4, 0.5) is 0 Å². The molecular weight excluding hydrogens is 253 g/mol. The van der Waals surface area contributed by atoms with Crippen LogP contribution in [0.15, 0.2) is 0 Å². The van der Waals surface area contributed by atoms with Gasteiger partial charge in [0, 0.05) is 0 Å². The predicted octanol–water partition coefficient (Wildman–Crippen LogP) is 2.12. The number of hydrogen-bond acceptors (Lipinski definition) is 3. The molecule has 2 fully saturated rings. The van der Waals surface area contributed by atoms with E-state index in [-0.39, 0.29) is 10.5 Å². The highest BCUT2D eigenvalue weighted by atomic mass is 35.5. The van der Waals surface area contributed by atoms with E-state index in [1.54, 1.807) is 0 Å². The summed E-state index contributed by atoms with van der Waals surface area (Å²) in [5, 5.41) is -0.0902. The van der Waals surface area contributed by atoms with Crippen LogP contribution in [-0.4, -0.2) is 36.0 Å². The van der Waals surface area contributed by atoms with Crippen LogP contribution in [-0.2, 0) is 14.2 Å². The molecule has 0 amide bonds. The second kappa shape index (κ2) is 4.45. The SMILES string of the molecule is ClC1OCC2(CO1)COC(Cl)PP2. The van der Waals surface area contributed by atoms with Crippen molar-refractivity contribution in [3.63, 3.8) is 0 Å². The van der Waals surface area contributed by atoms with E-state index < -0.39 is 5.75 Å². The second-order valence-corrected chi connectivity index (χ2v) is 7.93. The Bertz CT molecular complexity index is 155. The zero-order valence-corrected chi connectivity index (χ0v) is 10.3. The fraction of sp³-hybridized carbons (Fsp3) is 1.00. The van der Waals surface area contributed by atoms with E-state index in [0.717, 1.165) is 8.27 Å². The number of ether oxygens (including phenoxy) is 3. The first-order valence-corrected chi connectivity index (χ1v) is 7.81. The summed E-state index contributed by atoms with van der Waals surface area (Å²) in [5.74, 6) is -0.590. The van der Waals surface area contributed by atoms with Crippen LogP contribution in [0.5, 0.6) is 0 Å². The fourth-order valence-corrected chi connectivity index (χ4v) is 5.11. The maximum Gasteiger partial charge on any atom is 0.237 e. The monoisotopic (exact) mass is 262 g/mol. The lowest BCUT2D eigenvalue weighted by Crippen LogP contribution is -2.47. The molecule has 0 aromatic heterocycles. The molecule has 0 aromatic carbocycles. The second-order valence-electron chi connectivity index (χ2n) is 3.07. The van der Waals surface area contributed by atoms with E-state index in [1.807, 2.05) is 0 Å². The van der Waals surface area contributed by atoms with Gasteiger partial charge in [-0.3, -0.25) is 0 Å². The first kappa shape index (κ1) is 10.8. The molecule has 3 nitrogen and oxygen atoms in total. The summed E-state index contributed by atoms with van der Waals surface area (Å²) in [5.41, 5.74) is 0. The molecule has 0 aromatic rings. The molecule has 3 unspecified atom stereocenters. The molecule has 2 heterocycles. The third-order valence-corrected chi connectivity index (χ3v) is 7.50. The Hall–Kier alpha value is 1.32. The van der Waals surface area contributed by atoms with Gasteiger partial charge in [0.25, 0.3) is 0 Å². The summed E-state index contributed by atoms with van der Waals surface area (Å²) >= 11 is 11.5. The molecule has 76 valence electrons.